The maximum atomic E-state index is 13.0. The first-order valence-corrected chi connectivity index (χ1v) is 7.52. The molecular formula is C19H21ClO. The molecule has 2 rings (SSSR count). The Bertz CT molecular complexity index is 713. The van der Waals surface area contributed by atoms with Gasteiger partial charge >= 0.3 is 0 Å². The molecule has 0 aromatic heterocycles. The van der Waals surface area contributed by atoms with E-state index in [0.29, 0.717) is 10.6 Å². The van der Waals surface area contributed by atoms with Crippen molar-refractivity contribution < 1.29 is 4.79 Å². The molecule has 0 saturated heterocycles. The molecule has 2 aromatic carbocycles. The summed E-state index contributed by atoms with van der Waals surface area (Å²) in [5.74, 6) is 0.0659. The Labute approximate surface area is 132 Å². The molecule has 0 heterocycles. The number of carbonyl (C=O) groups excluding carboxylic acids is 1. The van der Waals surface area contributed by atoms with Gasteiger partial charge in [-0.2, -0.15) is 0 Å². The van der Waals surface area contributed by atoms with Crippen LogP contribution in [0.5, 0.6) is 0 Å². The number of hydrogen-bond donors (Lipinski definition) is 0. The molecule has 110 valence electrons. The van der Waals surface area contributed by atoms with Crippen LogP contribution in [0.25, 0.3) is 0 Å². The minimum absolute atomic E-state index is 0.0659. The summed E-state index contributed by atoms with van der Waals surface area (Å²) in [6, 6.07) is 5.51. The Morgan fingerprint density at radius 2 is 1.24 bits per heavy atom. The first kappa shape index (κ1) is 15.8. The second-order valence-electron chi connectivity index (χ2n) is 5.74. The molecule has 0 atom stereocenters. The fourth-order valence-corrected chi connectivity index (χ4v) is 3.00. The van der Waals surface area contributed by atoms with Crippen molar-refractivity contribution in [2.45, 2.75) is 41.5 Å². The molecule has 21 heavy (non-hydrogen) atoms. The summed E-state index contributed by atoms with van der Waals surface area (Å²) in [7, 11) is 0. The first-order chi connectivity index (χ1) is 9.77. The normalized spacial score (nSPS) is 10.8. The molecule has 0 aliphatic carbocycles. The Hall–Kier alpha value is -1.60. The minimum Gasteiger partial charge on any atom is -0.289 e. The third-order valence-electron chi connectivity index (χ3n) is 4.74. The largest absolute Gasteiger partial charge is 0.289 e. The van der Waals surface area contributed by atoms with Gasteiger partial charge in [-0.1, -0.05) is 23.7 Å². The standard InChI is InChI=1S/C19H21ClO/c1-10-11(2)13(4)18(14(5)12(10)3)19(21)16-8-7-9-17(20)15(16)6/h7-9H,1-6H3. The molecule has 0 unspecified atom stereocenters. The van der Waals surface area contributed by atoms with Gasteiger partial charge in [-0.05, 0) is 81.0 Å². The highest BCUT2D eigenvalue weighted by molar-refractivity contribution is 6.32. The van der Waals surface area contributed by atoms with E-state index in [0.717, 1.165) is 22.3 Å². The number of rotatable bonds is 2. The molecule has 0 N–H and O–H groups in total. The highest BCUT2D eigenvalue weighted by Gasteiger charge is 2.21. The molecule has 0 fully saturated rings. The van der Waals surface area contributed by atoms with E-state index < -0.39 is 0 Å². The second-order valence-corrected chi connectivity index (χ2v) is 6.15. The lowest BCUT2D eigenvalue weighted by molar-refractivity contribution is 0.103. The van der Waals surface area contributed by atoms with Crippen LogP contribution >= 0.6 is 11.6 Å². The number of carbonyl (C=O) groups is 1. The maximum Gasteiger partial charge on any atom is 0.193 e. The Morgan fingerprint density at radius 3 is 1.76 bits per heavy atom. The van der Waals surface area contributed by atoms with Crippen LogP contribution in [0.3, 0.4) is 0 Å². The highest BCUT2D eigenvalue weighted by atomic mass is 35.5. The lowest BCUT2D eigenvalue weighted by Crippen LogP contribution is -2.12. The zero-order chi connectivity index (χ0) is 15.9. The number of hydrogen-bond acceptors (Lipinski definition) is 1. The summed E-state index contributed by atoms with van der Waals surface area (Å²) < 4.78 is 0. The lowest BCUT2D eigenvalue weighted by atomic mass is 9.85. The Morgan fingerprint density at radius 1 is 0.762 bits per heavy atom. The van der Waals surface area contributed by atoms with Crippen molar-refractivity contribution in [3.8, 4) is 0 Å². The van der Waals surface area contributed by atoms with Crippen LogP contribution in [0.15, 0.2) is 18.2 Å². The Kier molecular flexibility index (Phi) is 4.25. The van der Waals surface area contributed by atoms with Crippen LogP contribution < -0.4 is 0 Å². The molecule has 2 heteroatoms. The van der Waals surface area contributed by atoms with Crippen LogP contribution in [0, 0.1) is 41.5 Å². The molecule has 0 aliphatic heterocycles. The summed E-state index contributed by atoms with van der Waals surface area (Å²) in [5, 5.41) is 0.636. The molecule has 1 nitrogen and oxygen atoms in total. The molecule has 0 bridgehead atoms. The quantitative estimate of drug-likeness (QED) is 0.677. The van der Waals surface area contributed by atoms with Crippen molar-refractivity contribution in [3.05, 3.63) is 67.7 Å². The van der Waals surface area contributed by atoms with Crippen LogP contribution in [-0.2, 0) is 0 Å². The van der Waals surface area contributed by atoms with Gasteiger partial charge in [-0.3, -0.25) is 4.79 Å². The van der Waals surface area contributed by atoms with Gasteiger partial charge in [-0.25, -0.2) is 0 Å². The van der Waals surface area contributed by atoms with Gasteiger partial charge in [0.05, 0.1) is 0 Å². The van der Waals surface area contributed by atoms with Gasteiger partial charge in [0.1, 0.15) is 0 Å². The molecule has 0 aliphatic rings. The zero-order valence-electron chi connectivity index (χ0n) is 13.5. The van der Waals surface area contributed by atoms with Crippen molar-refractivity contribution >= 4 is 17.4 Å². The third-order valence-corrected chi connectivity index (χ3v) is 5.15. The average molecular weight is 301 g/mol. The summed E-state index contributed by atoms with van der Waals surface area (Å²) in [6.45, 7) is 12.2. The van der Waals surface area contributed by atoms with Crippen LogP contribution in [0.1, 0.15) is 49.3 Å². The SMILES string of the molecule is Cc1c(Cl)cccc1C(=O)c1c(C)c(C)c(C)c(C)c1C. The monoisotopic (exact) mass is 300 g/mol. The van der Waals surface area contributed by atoms with Gasteiger partial charge in [0.25, 0.3) is 0 Å². The summed E-state index contributed by atoms with van der Waals surface area (Å²) in [4.78, 5) is 13.0. The predicted molar refractivity (Wildman–Crippen MR) is 89.7 cm³/mol. The number of benzene rings is 2. The maximum absolute atomic E-state index is 13.0. The molecule has 0 radical (unpaired) electrons. The summed E-state index contributed by atoms with van der Waals surface area (Å²) in [5.41, 5.74) is 8.16. The van der Waals surface area contributed by atoms with Crippen LogP contribution in [-0.4, -0.2) is 5.78 Å². The number of ketones is 1. The minimum atomic E-state index is 0.0659. The number of halogens is 1. The molecule has 0 saturated carbocycles. The van der Waals surface area contributed by atoms with E-state index in [1.807, 2.05) is 39.0 Å². The van der Waals surface area contributed by atoms with E-state index in [1.54, 1.807) is 0 Å². The van der Waals surface area contributed by atoms with Gasteiger partial charge in [0.15, 0.2) is 5.78 Å². The lowest BCUT2D eigenvalue weighted by Gasteiger charge is -2.18. The van der Waals surface area contributed by atoms with E-state index in [-0.39, 0.29) is 5.78 Å². The fourth-order valence-electron chi connectivity index (χ4n) is 2.83. The van der Waals surface area contributed by atoms with Crippen molar-refractivity contribution in [2.24, 2.45) is 0 Å². The Balaban J connectivity index is 2.73. The topological polar surface area (TPSA) is 17.1 Å². The predicted octanol–water partition coefficient (Wildman–Crippen LogP) is 5.42. The van der Waals surface area contributed by atoms with E-state index in [2.05, 4.69) is 20.8 Å². The first-order valence-electron chi connectivity index (χ1n) is 7.14. The second kappa shape index (κ2) is 5.65. The average Bonchev–Trinajstić information content (AvgIpc) is 2.46. The van der Waals surface area contributed by atoms with E-state index >= 15 is 0 Å². The molecule has 0 spiro atoms. The third kappa shape index (κ3) is 2.51. The van der Waals surface area contributed by atoms with Gasteiger partial charge in [0.2, 0.25) is 0 Å². The van der Waals surface area contributed by atoms with E-state index in [4.69, 9.17) is 11.6 Å². The highest BCUT2D eigenvalue weighted by Crippen LogP contribution is 2.29. The van der Waals surface area contributed by atoms with Crippen LogP contribution in [0.2, 0.25) is 5.02 Å². The fraction of sp³-hybridized carbons (Fsp3) is 0.316. The van der Waals surface area contributed by atoms with E-state index in [1.165, 1.54) is 16.7 Å². The smallest absolute Gasteiger partial charge is 0.193 e. The van der Waals surface area contributed by atoms with Gasteiger partial charge in [-0.15, -0.1) is 0 Å². The van der Waals surface area contributed by atoms with E-state index in [9.17, 15) is 4.79 Å². The van der Waals surface area contributed by atoms with Crippen molar-refractivity contribution in [1.82, 2.24) is 0 Å². The van der Waals surface area contributed by atoms with Crippen LogP contribution in [0.4, 0.5) is 0 Å². The molecular weight excluding hydrogens is 280 g/mol. The molecule has 2 aromatic rings. The van der Waals surface area contributed by atoms with Gasteiger partial charge < -0.3 is 0 Å². The van der Waals surface area contributed by atoms with Gasteiger partial charge in [0, 0.05) is 16.1 Å². The molecule has 0 amide bonds. The van der Waals surface area contributed by atoms with Crippen molar-refractivity contribution in [3.63, 3.8) is 0 Å². The van der Waals surface area contributed by atoms with Crippen molar-refractivity contribution in [1.29, 1.82) is 0 Å². The zero-order valence-corrected chi connectivity index (χ0v) is 14.3. The van der Waals surface area contributed by atoms with Crippen molar-refractivity contribution in [2.75, 3.05) is 0 Å². The summed E-state index contributed by atoms with van der Waals surface area (Å²) >= 11 is 6.16. The summed E-state index contributed by atoms with van der Waals surface area (Å²) in [6.07, 6.45) is 0.